The highest BCUT2D eigenvalue weighted by Gasteiger charge is 2.52. The maximum atomic E-state index is 12.3. The van der Waals surface area contributed by atoms with Crippen LogP contribution in [0.2, 0.25) is 0 Å². The maximum Gasteiger partial charge on any atom is 0.137 e. The zero-order chi connectivity index (χ0) is 12.8. The first-order valence-corrected chi connectivity index (χ1v) is 6.72. The van der Waals surface area contributed by atoms with Crippen LogP contribution in [-0.4, -0.2) is 17.0 Å². The van der Waals surface area contributed by atoms with E-state index in [2.05, 4.69) is 20.4 Å². The molecule has 0 unspecified atom stereocenters. The Hall–Kier alpha value is -0.630. The first-order valence-electron chi connectivity index (χ1n) is 6.72. The van der Waals surface area contributed by atoms with Crippen LogP contribution in [-0.2, 0) is 4.79 Å². The second-order valence-electron chi connectivity index (χ2n) is 6.41. The molecule has 5 atom stereocenters. The van der Waals surface area contributed by atoms with E-state index in [0.29, 0.717) is 18.1 Å². The number of allylic oxidation sites excluding steroid dienone is 1. The van der Waals surface area contributed by atoms with Crippen LogP contribution in [0.5, 0.6) is 0 Å². The van der Waals surface area contributed by atoms with Gasteiger partial charge in [0, 0.05) is 12.3 Å². The average molecular weight is 236 g/mol. The molecule has 0 aromatic heterocycles. The van der Waals surface area contributed by atoms with Crippen LogP contribution in [0, 0.1) is 23.2 Å². The third-order valence-electron chi connectivity index (χ3n) is 5.38. The van der Waals surface area contributed by atoms with Crippen molar-refractivity contribution in [2.45, 2.75) is 52.6 Å². The Morgan fingerprint density at radius 1 is 1.47 bits per heavy atom. The summed E-state index contributed by atoms with van der Waals surface area (Å²) < 4.78 is 0. The third kappa shape index (κ3) is 1.97. The molecule has 0 amide bonds. The topological polar surface area (TPSA) is 37.3 Å². The Balaban J connectivity index is 2.30. The van der Waals surface area contributed by atoms with Crippen molar-refractivity contribution in [3.8, 4) is 0 Å². The van der Waals surface area contributed by atoms with Gasteiger partial charge in [0.2, 0.25) is 0 Å². The molecule has 0 bridgehead atoms. The SMILES string of the molecule is C=C(C)[C@H]1CC(=O)[C@@H]2CC[C@@H](O)[C@H](C)[C@@]2(C)C1. The lowest BCUT2D eigenvalue weighted by molar-refractivity contribution is -0.143. The van der Waals surface area contributed by atoms with E-state index in [0.717, 1.165) is 24.8 Å². The molecule has 0 aliphatic heterocycles. The van der Waals surface area contributed by atoms with Gasteiger partial charge in [-0.1, -0.05) is 26.0 Å². The fourth-order valence-corrected chi connectivity index (χ4v) is 3.87. The first-order chi connectivity index (χ1) is 7.86. The van der Waals surface area contributed by atoms with Crippen molar-refractivity contribution >= 4 is 5.78 Å². The zero-order valence-electron chi connectivity index (χ0n) is 11.2. The smallest absolute Gasteiger partial charge is 0.137 e. The van der Waals surface area contributed by atoms with E-state index in [1.165, 1.54) is 0 Å². The summed E-state index contributed by atoms with van der Waals surface area (Å²) in [6, 6.07) is 0. The number of aliphatic hydroxyl groups is 1. The molecule has 1 N–H and O–H groups in total. The minimum atomic E-state index is -0.243. The van der Waals surface area contributed by atoms with E-state index in [1.807, 2.05) is 6.92 Å². The van der Waals surface area contributed by atoms with Gasteiger partial charge in [0.1, 0.15) is 5.78 Å². The van der Waals surface area contributed by atoms with Crippen molar-refractivity contribution in [2.24, 2.45) is 23.2 Å². The molecule has 2 rings (SSSR count). The summed E-state index contributed by atoms with van der Waals surface area (Å²) in [6.07, 6.45) is 3.08. The van der Waals surface area contributed by atoms with E-state index >= 15 is 0 Å². The normalized spacial score (nSPS) is 46.5. The van der Waals surface area contributed by atoms with Crippen LogP contribution in [0.1, 0.15) is 46.5 Å². The number of rotatable bonds is 1. The predicted molar refractivity (Wildman–Crippen MR) is 68.5 cm³/mol. The van der Waals surface area contributed by atoms with Gasteiger partial charge in [-0.15, -0.1) is 0 Å². The highest BCUT2D eigenvalue weighted by Crippen LogP contribution is 2.54. The maximum absolute atomic E-state index is 12.3. The second-order valence-corrected chi connectivity index (χ2v) is 6.41. The largest absolute Gasteiger partial charge is 0.393 e. The number of fused-ring (bicyclic) bond motifs is 1. The van der Waals surface area contributed by atoms with Crippen molar-refractivity contribution in [3.63, 3.8) is 0 Å². The van der Waals surface area contributed by atoms with Crippen molar-refractivity contribution in [1.82, 2.24) is 0 Å². The van der Waals surface area contributed by atoms with Crippen LogP contribution in [0.3, 0.4) is 0 Å². The average Bonchev–Trinajstić information content (AvgIpc) is 2.24. The molecule has 0 spiro atoms. The van der Waals surface area contributed by atoms with Crippen LogP contribution in [0.25, 0.3) is 0 Å². The standard InChI is InChI=1S/C15H24O2/c1-9(2)11-7-14(17)12-5-6-13(16)10(3)15(12,4)8-11/h10-13,16H,1,5-8H2,2-4H3/t10-,11-,12-,13+,15+/m0/s1. The van der Waals surface area contributed by atoms with Gasteiger partial charge in [-0.2, -0.15) is 0 Å². The van der Waals surface area contributed by atoms with Gasteiger partial charge >= 0.3 is 0 Å². The molecule has 2 nitrogen and oxygen atoms in total. The Morgan fingerprint density at radius 3 is 2.71 bits per heavy atom. The summed E-state index contributed by atoms with van der Waals surface area (Å²) >= 11 is 0. The minimum absolute atomic E-state index is 0.0311. The summed E-state index contributed by atoms with van der Waals surface area (Å²) in [5.74, 6) is 1.09. The molecule has 0 heterocycles. The number of ketones is 1. The lowest BCUT2D eigenvalue weighted by atomic mass is 9.52. The third-order valence-corrected chi connectivity index (χ3v) is 5.38. The molecule has 17 heavy (non-hydrogen) atoms. The molecule has 0 saturated heterocycles. The number of Topliss-reactive ketones (excluding diaryl/α,β-unsaturated/α-hetero) is 1. The van der Waals surface area contributed by atoms with Crippen molar-refractivity contribution in [2.75, 3.05) is 0 Å². The van der Waals surface area contributed by atoms with Crippen LogP contribution < -0.4 is 0 Å². The lowest BCUT2D eigenvalue weighted by Crippen LogP contribution is -2.51. The van der Waals surface area contributed by atoms with Crippen LogP contribution in [0.15, 0.2) is 12.2 Å². The van der Waals surface area contributed by atoms with E-state index < -0.39 is 0 Å². The van der Waals surface area contributed by atoms with E-state index in [4.69, 9.17) is 0 Å². The fraction of sp³-hybridized carbons (Fsp3) is 0.800. The highest BCUT2D eigenvalue weighted by atomic mass is 16.3. The zero-order valence-corrected chi connectivity index (χ0v) is 11.2. The fourth-order valence-electron chi connectivity index (χ4n) is 3.87. The van der Waals surface area contributed by atoms with E-state index in [9.17, 15) is 9.90 Å². The van der Waals surface area contributed by atoms with E-state index in [-0.39, 0.29) is 23.4 Å². The summed E-state index contributed by atoms with van der Waals surface area (Å²) in [7, 11) is 0. The molecule has 2 aliphatic rings. The van der Waals surface area contributed by atoms with Gasteiger partial charge < -0.3 is 5.11 Å². The molecule has 96 valence electrons. The first kappa shape index (κ1) is 12.8. The van der Waals surface area contributed by atoms with Gasteiger partial charge in [0.05, 0.1) is 6.10 Å². The molecular formula is C15H24O2. The molecule has 0 aromatic rings. The molecule has 2 fully saturated rings. The lowest BCUT2D eigenvalue weighted by Gasteiger charge is -2.52. The van der Waals surface area contributed by atoms with Crippen LogP contribution in [0.4, 0.5) is 0 Å². The quantitative estimate of drug-likeness (QED) is 0.711. The van der Waals surface area contributed by atoms with Gasteiger partial charge in [0.15, 0.2) is 0 Å². The molecule has 0 aromatic carbocycles. The highest BCUT2D eigenvalue weighted by molar-refractivity contribution is 5.83. The van der Waals surface area contributed by atoms with Gasteiger partial charge in [-0.25, -0.2) is 0 Å². The molecule has 2 saturated carbocycles. The monoisotopic (exact) mass is 236 g/mol. The summed E-state index contributed by atoms with van der Waals surface area (Å²) in [4.78, 5) is 12.3. The summed E-state index contributed by atoms with van der Waals surface area (Å²) in [5.41, 5.74) is 1.08. The Kier molecular flexibility index (Phi) is 3.19. The van der Waals surface area contributed by atoms with Crippen LogP contribution >= 0.6 is 0 Å². The molecule has 2 aliphatic carbocycles. The van der Waals surface area contributed by atoms with Crippen molar-refractivity contribution in [1.29, 1.82) is 0 Å². The number of hydrogen-bond acceptors (Lipinski definition) is 2. The summed E-state index contributed by atoms with van der Waals surface area (Å²) in [6.45, 7) is 10.3. The molecule has 2 heteroatoms. The predicted octanol–water partition coefficient (Wildman–Crippen LogP) is 2.95. The minimum Gasteiger partial charge on any atom is -0.393 e. The molecule has 0 radical (unpaired) electrons. The number of carbonyl (C=O) groups is 1. The molecular weight excluding hydrogens is 212 g/mol. The number of carbonyl (C=O) groups excluding carboxylic acids is 1. The van der Waals surface area contributed by atoms with Gasteiger partial charge in [-0.05, 0) is 43.4 Å². The van der Waals surface area contributed by atoms with Gasteiger partial charge in [0.25, 0.3) is 0 Å². The van der Waals surface area contributed by atoms with Crippen molar-refractivity contribution < 1.29 is 9.90 Å². The van der Waals surface area contributed by atoms with Gasteiger partial charge in [-0.3, -0.25) is 4.79 Å². The van der Waals surface area contributed by atoms with Crippen molar-refractivity contribution in [3.05, 3.63) is 12.2 Å². The number of hydrogen-bond donors (Lipinski definition) is 1. The Morgan fingerprint density at radius 2 is 2.12 bits per heavy atom. The summed E-state index contributed by atoms with van der Waals surface area (Å²) in [5, 5.41) is 10.1. The Bertz CT molecular complexity index is 347. The second kappa shape index (κ2) is 4.24. The van der Waals surface area contributed by atoms with E-state index in [1.54, 1.807) is 0 Å². The number of aliphatic hydroxyl groups excluding tert-OH is 1. The Labute approximate surface area is 104 Å².